The zero-order chi connectivity index (χ0) is 41.0. The Bertz CT molecular complexity index is 3160. The summed E-state index contributed by atoms with van der Waals surface area (Å²) in [5, 5.41) is 12.4. The predicted octanol–water partition coefficient (Wildman–Crippen LogP) is 17.1. The Morgan fingerprint density at radius 1 is 0.492 bits per heavy atom. The first-order valence-corrected chi connectivity index (χ1v) is 20.9. The Kier molecular flexibility index (Phi) is 11.2. The molecule has 59 heavy (non-hydrogen) atoms. The quantitative estimate of drug-likeness (QED) is 0.122. The molecule has 0 aliphatic rings. The van der Waals surface area contributed by atoms with E-state index in [1.54, 1.807) is 0 Å². The lowest BCUT2D eigenvalue weighted by molar-refractivity contribution is 0.669. The molecule has 0 saturated carbocycles. The summed E-state index contributed by atoms with van der Waals surface area (Å²) in [6.07, 6.45) is 2.18. The first-order valence-electron chi connectivity index (χ1n) is 20.9. The van der Waals surface area contributed by atoms with E-state index in [-0.39, 0.29) is 0 Å². The third kappa shape index (κ3) is 7.32. The topological polar surface area (TPSA) is 25.5 Å². The molecule has 0 radical (unpaired) electrons. The van der Waals surface area contributed by atoms with Gasteiger partial charge in [-0.2, -0.15) is 0 Å². The highest BCUT2D eigenvalue weighted by atomic mass is 16.3. The van der Waals surface area contributed by atoms with Crippen molar-refractivity contribution in [3.63, 3.8) is 0 Å². The van der Waals surface area contributed by atoms with Crippen LogP contribution in [0.5, 0.6) is 0 Å². The third-order valence-corrected chi connectivity index (χ3v) is 11.3. The fourth-order valence-electron chi connectivity index (χ4n) is 8.33. The van der Waals surface area contributed by atoms with Gasteiger partial charge in [-0.15, -0.1) is 0 Å². The Balaban J connectivity index is 0.000000352. The minimum absolute atomic E-state index is 0.928. The first-order chi connectivity index (χ1) is 28.8. The molecule has 0 saturated heterocycles. The third-order valence-electron chi connectivity index (χ3n) is 11.3. The van der Waals surface area contributed by atoms with Gasteiger partial charge in [0.1, 0.15) is 11.2 Å². The summed E-state index contributed by atoms with van der Waals surface area (Å²) in [4.78, 5) is 5.30. The van der Waals surface area contributed by atoms with Crippen LogP contribution in [-0.4, -0.2) is 5.71 Å². The van der Waals surface area contributed by atoms with Crippen molar-refractivity contribution in [1.29, 1.82) is 0 Å². The molecule has 0 bridgehead atoms. The lowest BCUT2D eigenvalue weighted by atomic mass is 9.84. The van der Waals surface area contributed by atoms with Crippen molar-refractivity contribution in [3.8, 4) is 11.1 Å². The van der Waals surface area contributed by atoms with Crippen LogP contribution in [0.1, 0.15) is 71.1 Å². The molecule has 1 aromatic heterocycles. The van der Waals surface area contributed by atoms with E-state index in [2.05, 4.69) is 187 Å². The van der Waals surface area contributed by atoms with E-state index in [4.69, 9.17) is 9.41 Å². The number of hydrogen-bond donors (Lipinski definition) is 0. The highest BCUT2D eigenvalue weighted by molar-refractivity contribution is 6.39. The maximum Gasteiger partial charge on any atom is 0.136 e. The summed E-state index contributed by atoms with van der Waals surface area (Å²) < 4.78 is 6.43. The smallest absolute Gasteiger partial charge is 0.136 e. The molecule has 290 valence electrons. The van der Waals surface area contributed by atoms with E-state index < -0.39 is 0 Å². The number of allylic oxidation sites excluding steroid dienone is 2. The van der Waals surface area contributed by atoms with Gasteiger partial charge in [-0.05, 0) is 116 Å². The highest BCUT2D eigenvalue weighted by Gasteiger charge is 2.22. The lowest BCUT2D eigenvalue weighted by Gasteiger charge is -2.19. The maximum atomic E-state index is 6.43. The van der Waals surface area contributed by atoms with Crippen molar-refractivity contribution in [1.82, 2.24) is 0 Å². The van der Waals surface area contributed by atoms with Crippen molar-refractivity contribution < 1.29 is 4.42 Å². The summed E-state index contributed by atoms with van der Waals surface area (Å²) in [6.45, 7) is 16.6. The van der Waals surface area contributed by atoms with Crippen LogP contribution in [0, 0.1) is 0 Å². The van der Waals surface area contributed by atoms with E-state index in [0.717, 1.165) is 45.7 Å². The van der Waals surface area contributed by atoms with Gasteiger partial charge in [-0.25, -0.2) is 0 Å². The normalized spacial score (nSPS) is 12.1. The van der Waals surface area contributed by atoms with Crippen molar-refractivity contribution in [2.45, 2.75) is 54.4 Å². The summed E-state index contributed by atoms with van der Waals surface area (Å²) in [6, 6.07) is 58.3. The molecule has 10 rings (SSSR count). The second-order valence-corrected chi connectivity index (χ2v) is 15.5. The van der Waals surface area contributed by atoms with Gasteiger partial charge < -0.3 is 4.42 Å². The zero-order valence-electron chi connectivity index (χ0n) is 35.1. The average molecular weight is 766 g/mol. The largest absolute Gasteiger partial charge is 0.456 e. The SMILES string of the molecule is C=C(C)c1ccccc1.CC/C(C)=C(\N=C(C)c1ccccc1)c1ccc(-c2cc3ccccc3c3c4cccc5oc6cccc(c23)c6c54)c2ccccc12.CCC. The summed E-state index contributed by atoms with van der Waals surface area (Å²) in [5.74, 6) is 0. The number of aliphatic imine (C=N–C) groups is 1. The minimum Gasteiger partial charge on any atom is -0.456 e. The Morgan fingerprint density at radius 3 is 1.61 bits per heavy atom. The van der Waals surface area contributed by atoms with Crippen LogP contribution in [0.15, 0.2) is 185 Å². The van der Waals surface area contributed by atoms with E-state index in [0.29, 0.717) is 0 Å². The molecular weight excluding hydrogens is 715 g/mol. The van der Waals surface area contributed by atoms with Crippen LogP contribution in [0.3, 0.4) is 0 Å². The van der Waals surface area contributed by atoms with Crippen molar-refractivity contribution in [2.75, 3.05) is 0 Å². The van der Waals surface area contributed by atoms with Gasteiger partial charge in [0.05, 0.1) is 5.70 Å². The first kappa shape index (κ1) is 39.1. The average Bonchev–Trinajstić information content (AvgIpc) is 3.68. The summed E-state index contributed by atoms with van der Waals surface area (Å²) in [5.41, 5.74) is 12.3. The zero-order valence-corrected chi connectivity index (χ0v) is 35.1. The van der Waals surface area contributed by atoms with Gasteiger partial charge in [-0.3, -0.25) is 4.99 Å². The Labute approximate surface area is 348 Å². The molecule has 2 nitrogen and oxygen atoms in total. The number of fused-ring (bicyclic) bond motifs is 6. The molecule has 0 unspecified atom stereocenters. The second kappa shape index (κ2) is 17.0. The molecule has 2 heteroatoms. The molecule has 0 amide bonds. The summed E-state index contributed by atoms with van der Waals surface area (Å²) >= 11 is 0. The van der Waals surface area contributed by atoms with E-state index in [1.807, 2.05) is 25.1 Å². The number of benzene rings is 9. The Morgan fingerprint density at radius 2 is 1.02 bits per heavy atom. The van der Waals surface area contributed by atoms with Gasteiger partial charge in [0.25, 0.3) is 0 Å². The molecule has 0 aliphatic heterocycles. The molecule has 9 aromatic carbocycles. The maximum absolute atomic E-state index is 6.43. The highest BCUT2D eigenvalue weighted by Crippen LogP contribution is 2.49. The molecule has 10 aromatic rings. The van der Waals surface area contributed by atoms with Gasteiger partial charge >= 0.3 is 0 Å². The standard InChI is InChI=1S/C45H33NO.C9H10.C3H8/c1-4-27(2)45(46-28(3)29-14-6-5-7-15-29)35-25-24-34(32-18-10-11-19-33(32)35)38-26-30-16-8-9-17-31(30)41-36-20-12-22-39-43(36)44-37(42(38)41)21-13-23-40(44)47-39;1-8(2)9-6-4-3-5-7-9;1-3-2/h5-26H,4H2,1-3H3;3-7H,1H2,2H3;3H2,1-2H3/b45-27-,46-28?;;. The number of hydrogen-bond acceptors (Lipinski definition) is 2. The molecule has 0 fully saturated rings. The Hall–Kier alpha value is -6.77. The van der Waals surface area contributed by atoms with E-state index in [9.17, 15) is 0 Å². The predicted molar refractivity (Wildman–Crippen MR) is 259 cm³/mol. The minimum atomic E-state index is 0.928. The monoisotopic (exact) mass is 765 g/mol. The molecule has 0 aliphatic carbocycles. The van der Waals surface area contributed by atoms with Crippen molar-refractivity contribution >= 4 is 82.0 Å². The molecular formula is C57H51NO. The molecule has 0 spiro atoms. The lowest BCUT2D eigenvalue weighted by Crippen LogP contribution is -1.98. The van der Waals surface area contributed by atoms with Crippen LogP contribution in [0.2, 0.25) is 0 Å². The van der Waals surface area contributed by atoms with Crippen LogP contribution in [0.4, 0.5) is 0 Å². The van der Waals surface area contributed by atoms with E-state index in [1.165, 1.54) is 82.5 Å². The van der Waals surface area contributed by atoms with Gasteiger partial charge in [0, 0.05) is 22.0 Å². The number of rotatable bonds is 6. The van der Waals surface area contributed by atoms with Gasteiger partial charge in [0.2, 0.25) is 0 Å². The molecule has 1 heterocycles. The molecule has 0 N–H and O–H groups in total. The van der Waals surface area contributed by atoms with E-state index >= 15 is 0 Å². The second-order valence-electron chi connectivity index (χ2n) is 15.5. The van der Waals surface area contributed by atoms with Crippen LogP contribution >= 0.6 is 0 Å². The van der Waals surface area contributed by atoms with Crippen molar-refractivity contribution in [3.05, 3.63) is 193 Å². The van der Waals surface area contributed by atoms with Crippen LogP contribution < -0.4 is 0 Å². The summed E-state index contributed by atoms with van der Waals surface area (Å²) in [7, 11) is 0. The van der Waals surface area contributed by atoms with Gasteiger partial charge in [0.15, 0.2) is 0 Å². The molecule has 0 atom stereocenters. The number of furan rings is 1. The van der Waals surface area contributed by atoms with Crippen LogP contribution in [0.25, 0.3) is 87.4 Å². The van der Waals surface area contributed by atoms with Crippen LogP contribution in [-0.2, 0) is 0 Å². The number of nitrogens with zero attached hydrogens (tertiary/aromatic N) is 1. The fraction of sp³-hybridized carbons (Fsp3) is 0.140. The van der Waals surface area contributed by atoms with Gasteiger partial charge in [-0.1, -0.05) is 185 Å². The van der Waals surface area contributed by atoms with Crippen molar-refractivity contribution in [2.24, 2.45) is 4.99 Å². The fourth-order valence-corrected chi connectivity index (χ4v) is 8.33.